The molecule has 0 saturated carbocycles. The van der Waals surface area contributed by atoms with Gasteiger partial charge in [0, 0.05) is 43.6 Å². The number of aromatic nitrogens is 2. The van der Waals surface area contributed by atoms with Crippen LogP contribution in [0.25, 0.3) is 11.4 Å². The minimum Gasteiger partial charge on any atom is -0.497 e. The smallest absolute Gasteiger partial charge is 0.257 e. The molecule has 0 bridgehead atoms. The first-order valence-electron chi connectivity index (χ1n) is 11.8. The highest BCUT2D eigenvalue weighted by Gasteiger charge is 2.24. The number of amides is 2. The van der Waals surface area contributed by atoms with Crippen LogP contribution in [0.3, 0.4) is 0 Å². The normalized spacial score (nSPS) is 17.3. The molecule has 2 heterocycles. The van der Waals surface area contributed by atoms with Gasteiger partial charge in [-0.1, -0.05) is 35.5 Å². The van der Waals surface area contributed by atoms with Gasteiger partial charge in [-0.2, -0.15) is 4.98 Å². The molecule has 1 aliphatic rings. The topological polar surface area (TPSA) is 107 Å². The van der Waals surface area contributed by atoms with Crippen LogP contribution < -0.4 is 14.8 Å². The van der Waals surface area contributed by atoms with Crippen molar-refractivity contribution in [2.75, 3.05) is 33.9 Å². The van der Waals surface area contributed by atoms with E-state index in [0.29, 0.717) is 54.8 Å². The van der Waals surface area contributed by atoms with Gasteiger partial charge in [-0.25, -0.2) is 0 Å². The number of nitrogens with zero attached hydrogens (tertiary/aromatic N) is 3. The van der Waals surface area contributed by atoms with Gasteiger partial charge in [0.15, 0.2) is 0 Å². The zero-order chi connectivity index (χ0) is 24.6. The molecule has 1 N–H and O–H groups in total. The maximum absolute atomic E-state index is 13.4. The van der Waals surface area contributed by atoms with Gasteiger partial charge in [-0.3, -0.25) is 9.59 Å². The van der Waals surface area contributed by atoms with Crippen LogP contribution in [0.1, 0.15) is 47.8 Å². The molecule has 1 aliphatic heterocycles. The number of hydrogen-bond donors (Lipinski definition) is 1. The Morgan fingerprint density at radius 3 is 2.69 bits per heavy atom. The highest BCUT2D eigenvalue weighted by Crippen LogP contribution is 2.28. The lowest BCUT2D eigenvalue weighted by Crippen LogP contribution is -2.36. The van der Waals surface area contributed by atoms with E-state index < -0.39 is 0 Å². The van der Waals surface area contributed by atoms with Crippen molar-refractivity contribution >= 4 is 11.8 Å². The Balaban J connectivity index is 1.50. The van der Waals surface area contributed by atoms with Crippen molar-refractivity contribution < 1.29 is 23.6 Å². The van der Waals surface area contributed by atoms with Gasteiger partial charge >= 0.3 is 0 Å². The maximum Gasteiger partial charge on any atom is 0.257 e. The van der Waals surface area contributed by atoms with E-state index in [2.05, 4.69) is 15.5 Å². The molecule has 1 unspecified atom stereocenters. The van der Waals surface area contributed by atoms with E-state index in [1.165, 1.54) is 7.11 Å². The number of nitrogens with one attached hydrogen (secondary N) is 1. The Morgan fingerprint density at radius 1 is 1.09 bits per heavy atom. The second-order valence-electron chi connectivity index (χ2n) is 8.41. The molecule has 3 aromatic rings. The summed E-state index contributed by atoms with van der Waals surface area (Å²) in [5, 5.41) is 7.09. The second kappa shape index (κ2) is 11.5. The van der Waals surface area contributed by atoms with Crippen molar-refractivity contribution in [2.24, 2.45) is 0 Å². The van der Waals surface area contributed by atoms with E-state index in [1.807, 2.05) is 30.3 Å². The molecule has 9 heteroatoms. The maximum atomic E-state index is 13.4. The standard InChI is InChI=1S/C26H30N4O5/c1-33-20-10-11-21(22(17-20)34-2)26(32)30-15-6-9-19(12-14-27-23(31)13-16-30)25-28-24(29-35-25)18-7-4-3-5-8-18/h3-5,7-8,10-11,17,19H,6,9,12-16H2,1-2H3,(H,27,31). The zero-order valence-electron chi connectivity index (χ0n) is 20.0. The molecule has 0 radical (unpaired) electrons. The second-order valence-corrected chi connectivity index (χ2v) is 8.41. The molecule has 9 nitrogen and oxygen atoms in total. The van der Waals surface area contributed by atoms with Crippen LogP contribution in [0.15, 0.2) is 53.1 Å². The lowest BCUT2D eigenvalue weighted by atomic mass is 9.99. The Hall–Kier alpha value is -3.88. The van der Waals surface area contributed by atoms with Gasteiger partial charge in [0.1, 0.15) is 11.5 Å². The molecular weight excluding hydrogens is 448 g/mol. The van der Waals surface area contributed by atoms with Crippen LogP contribution in [0.5, 0.6) is 11.5 Å². The monoisotopic (exact) mass is 478 g/mol. The van der Waals surface area contributed by atoms with Crippen LogP contribution in [0.4, 0.5) is 0 Å². The van der Waals surface area contributed by atoms with E-state index >= 15 is 0 Å². The fourth-order valence-corrected chi connectivity index (χ4v) is 4.20. The van der Waals surface area contributed by atoms with E-state index in [-0.39, 0.29) is 24.2 Å². The summed E-state index contributed by atoms with van der Waals surface area (Å²) in [7, 11) is 3.08. The SMILES string of the molecule is COc1ccc(C(=O)N2CCCC(c3nc(-c4ccccc4)no3)CCNC(=O)CC2)c(OC)c1. The third-order valence-corrected chi connectivity index (χ3v) is 6.15. The highest BCUT2D eigenvalue weighted by molar-refractivity contribution is 5.97. The largest absolute Gasteiger partial charge is 0.497 e. The Labute approximate surface area is 204 Å². The summed E-state index contributed by atoms with van der Waals surface area (Å²) in [4.78, 5) is 32.1. The predicted octanol–water partition coefficient (Wildman–Crippen LogP) is 3.67. The number of rotatable bonds is 5. The number of ether oxygens (including phenoxy) is 2. The van der Waals surface area contributed by atoms with Crippen molar-refractivity contribution in [3.05, 3.63) is 60.0 Å². The van der Waals surface area contributed by atoms with Gasteiger partial charge in [0.2, 0.25) is 17.6 Å². The third kappa shape index (κ3) is 5.98. The molecule has 184 valence electrons. The van der Waals surface area contributed by atoms with Crippen molar-refractivity contribution in [1.82, 2.24) is 20.4 Å². The molecule has 2 aromatic carbocycles. The summed E-state index contributed by atoms with van der Waals surface area (Å²) in [6, 6.07) is 14.8. The molecule has 1 fully saturated rings. The quantitative estimate of drug-likeness (QED) is 0.596. The summed E-state index contributed by atoms with van der Waals surface area (Å²) in [6.07, 6.45) is 2.39. The molecule has 1 aromatic heterocycles. The average Bonchev–Trinajstić information content (AvgIpc) is 3.38. The van der Waals surface area contributed by atoms with Crippen LogP contribution >= 0.6 is 0 Å². The summed E-state index contributed by atoms with van der Waals surface area (Å²) in [5.74, 6) is 1.83. The first-order valence-corrected chi connectivity index (χ1v) is 11.8. The van der Waals surface area contributed by atoms with Gasteiger partial charge in [0.05, 0.1) is 19.8 Å². The molecule has 0 aliphatic carbocycles. The first-order chi connectivity index (χ1) is 17.1. The Kier molecular flexibility index (Phi) is 7.97. The Morgan fingerprint density at radius 2 is 1.91 bits per heavy atom. The van der Waals surface area contributed by atoms with E-state index in [1.54, 1.807) is 30.2 Å². The van der Waals surface area contributed by atoms with Crippen molar-refractivity contribution in [3.63, 3.8) is 0 Å². The number of carbonyl (C=O) groups excluding carboxylic acids is 2. The number of carbonyl (C=O) groups is 2. The molecule has 4 rings (SSSR count). The van der Waals surface area contributed by atoms with Crippen LogP contribution in [0.2, 0.25) is 0 Å². The minimum absolute atomic E-state index is 0.0224. The summed E-state index contributed by atoms with van der Waals surface area (Å²) >= 11 is 0. The Bertz CT molecular complexity index is 1150. The summed E-state index contributed by atoms with van der Waals surface area (Å²) in [6.45, 7) is 1.33. The van der Waals surface area contributed by atoms with Crippen LogP contribution in [-0.4, -0.2) is 60.7 Å². The van der Waals surface area contributed by atoms with Gasteiger partial charge in [-0.05, 0) is 31.4 Å². The first kappa shape index (κ1) is 24.3. The molecule has 35 heavy (non-hydrogen) atoms. The fraction of sp³-hybridized carbons (Fsp3) is 0.385. The fourth-order valence-electron chi connectivity index (χ4n) is 4.20. The van der Waals surface area contributed by atoms with Gasteiger partial charge in [0.25, 0.3) is 5.91 Å². The lowest BCUT2D eigenvalue weighted by molar-refractivity contribution is -0.121. The molecular formula is C26H30N4O5. The predicted molar refractivity (Wildman–Crippen MR) is 129 cm³/mol. The van der Waals surface area contributed by atoms with Crippen LogP contribution in [0, 0.1) is 0 Å². The lowest BCUT2D eigenvalue weighted by Gasteiger charge is -2.24. The van der Waals surface area contributed by atoms with Gasteiger partial charge in [-0.15, -0.1) is 0 Å². The molecule has 1 atom stereocenters. The average molecular weight is 479 g/mol. The molecule has 2 amide bonds. The minimum atomic E-state index is -0.183. The number of hydrogen-bond acceptors (Lipinski definition) is 7. The van der Waals surface area contributed by atoms with E-state index in [4.69, 9.17) is 14.0 Å². The van der Waals surface area contributed by atoms with E-state index in [0.717, 1.165) is 18.4 Å². The zero-order valence-corrected chi connectivity index (χ0v) is 20.0. The van der Waals surface area contributed by atoms with Crippen LogP contribution in [-0.2, 0) is 4.79 Å². The van der Waals surface area contributed by atoms with Crippen molar-refractivity contribution in [3.8, 4) is 22.9 Å². The number of methoxy groups -OCH3 is 2. The highest BCUT2D eigenvalue weighted by atomic mass is 16.5. The molecule has 0 spiro atoms. The number of benzene rings is 2. The van der Waals surface area contributed by atoms with Crippen molar-refractivity contribution in [1.29, 1.82) is 0 Å². The summed E-state index contributed by atoms with van der Waals surface area (Å²) < 4.78 is 16.3. The van der Waals surface area contributed by atoms with E-state index in [9.17, 15) is 9.59 Å². The third-order valence-electron chi connectivity index (χ3n) is 6.15. The molecule has 1 saturated heterocycles. The van der Waals surface area contributed by atoms with Gasteiger partial charge < -0.3 is 24.2 Å². The van der Waals surface area contributed by atoms with Crippen molar-refractivity contribution in [2.45, 2.75) is 31.6 Å². The summed E-state index contributed by atoms with van der Waals surface area (Å²) in [5.41, 5.74) is 1.32.